The molecule has 0 bridgehead atoms. The van der Waals surface area contributed by atoms with E-state index in [0.29, 0.717) is 13.1 Å². The van der Waals surface area contributed by atoms with E-state index in [1.54, 1.807) is 7.11 Å². The molecule has 1 aromatic heterocycles. The van der Waals surface area contributed by atoms with Gasteiger partial charge in [0.15, 0.2) is 6.54 Å². The molecule has 152 valence electrons. The minimum Gasteiger partial charge on any atom is -0.496 e. The van der Waals surface area contributed by atoms with Crippen molar-refractivity contribution in [1.82, 2.24) is 9.78 Å². The van der Waals surface area contributed by atoms with Crippen LogP contribution in [0.25, 0.3) is 5.69 Å². The summed E-state index contributed by atoms with van der Waals surface area (Å²) in [7, 11) is 3.68. The van der Waals surface area contributed by atoms with Crippen molar-refractivity contribution in [3.8, 4) is 11.4 Å². The Kier molecular flexibility index (Phi) is 6.34. The number of aromatic nitrogens is 2. The third-order valence-electron chi connectivity index (χ3n) is 4.95. The van der Waals surface area contributed by atoms with Crippen molar-refractivity contribution in [2.75, 3.05) is 26.0 Å². The second kappa shape index (κ2) is 8.92. The van der Waals surface area contributed by atoms with Crippen LogP contribution in [0, 0.1) is 20.8 Å². The van der Waals surface area contributed by atoms with E-state index in [-0.39, 0.29) is 5.91 Å². The first kappa shape index (κ1) is 20.6. The van der Waals surface area contributed by atoms with E-state index in [2.05, 4.69) is 23.4 Å². The highest BCUT2D eigenvalue weighted by Gasteiger charge is 2.18. The molecule has 0 radical (unpaired) electrons. The molecule has 0 saturated heterocycles. The summed E-state index contributed by atoms with van der Waals surface area (Å²) >= 11 is 0. The summed E-state index contributed by atoms with van der Waals surface area (Å²) in [6, 6.07) is 16.0. The molecule has 0 aliphatic rings. The first-order valence-electron chi connectivity index (χ1n) is 9.75. The zero-order valence-electron chi connectivity index (χ0n) is 17.7. The van der Waals surface area contributed by atoms with Crippen LogP contribution in [0.4, 0.5) is 5.69 Å². The van der Waals surface area contributed by atoms with Crippen molar-refractivity contribution in [2.24, 2.45) is 0 Å². The molecule has 3 rings (SSSR count). The van der Waals surface area contributed by atoms with Crippen molar-refractivity contribution >= 4 is 11.6 Å². The van der Waals surface area contributed by atoms with Gasteiger partial charge in [0.25, 0.3) is 5.91 Å². The third kappa shape index (κ3) is 4.84. The molecule has 3 aromatic rings. The number of carbonyl (C=O) groups excluding carboxylic acids is 1. The second-order valence-corrected chi connectivity index (χ2v) is 7.47. The minimum absolute atomic E-state index is 0.0343. The molecule has 0 saturated carbocycles. The number of aryl methyl sites for hydroxylation is 2. The molecule has 1 unspecified atom stereocenters. The van der Waals surface area contributed by atoms with Gasteiger partial charge >= 0.3 is 0 Å². The maximum Gasteiger partial charge on any atom is 0.279 e. The average Bonchev–Trinajstić information content (AvgIpc) is 2.97. The van der Waals surface area contributed by atoms with E-state index in [1.165, 1.54) is 5.56 Å². The average molecular weight is 394 g/mol. The molecular formula is C23H29N4O2+. The lowest BCUT2D eigenvalue weighted by Gasteiger charge is -2.16. The molecule has 0 aliphatic carbocycles. The fourth-order valence-corrected chi connectivity index (χ4v) is 3.54. The first-order valence-corrected chi connectivity index (χ1v) is 9.75. The quantitative estimate of drug-likeness (QED) is 0.648. The summed E-state index contributed by atoms with van der Waals surface area (Å²) < 4.78 is 7.31. The van der Waals surface area contributed by atoms with Gasteiger partial charge in [-0.15, -0.1) is 0 Å². The number of carbonyl (C=O) groups is 1. The fraction of sp³-hybridized carbons (Fsp3) is 0.304. The Labute approximate surface area is 172 Å². The zero-order valence-corrected chi connectivity index (χ0v) is 17.7. The lowest BCUT2D eigenvalue weighted by molar-refractivity contribution is -0.885. The van der Waals surface area contributed by atoms with Gasteiger partial charge in [-0.25, -0.2) is 4.68 Å². The predicted octanol–water partition coefficient (Wildman–Crippen LogP) is 2.46. The largest absolute Gasteiger partial charge is 0.496 e. The van der Waals surface area contributed by atoms with Crippen molar-refractivity contribution in [3.05, 3.63) is 71.0 Å². The number of quaternary nitrogens is 1. The van der Waals surface area contributed by atoms with E-state index in [4.69, 9.17) is 4.74 Å². The second-order valence-electron chi connectivity index (χ2n) is 7.47. The Balaban J connectivity index is 1.68. The summed E-state index contributed by atoms with van der Waals surface area (Å²) in [6.45, 7) is 7.00. The van der Waals surface area contributed by atoms with Gasteiger partial charge in [0, 0.05) is 5.56 Å². The van der Waals surface area contributed by atoms with E-state index in [0.717, 1.165) is 39.0 Å². The van der Waals surface area contributed by atoms with Crippen molar-refractivity contribution < 1.29 is 14.4 Å². The molecule has 2 N–H and O–H groups in total. The highest BCUT2D eigenvalue weighted by Crippen LogP contribution is 2.22. The normalized spacial score (nSPS) is 11.9. The number of anilines is 1. The molecule has 1 atom stereocenters. The zero-order chi connectivity index (χ0) is 21.0. The van der Waals surface area contributed by atoms with Crippen LogP contribution in [0.15, 0.2) is 48.5 Å². The number of nitrogens with one attached hydrogen (secondary N) is 2. The molecule has 0 aliphatic heterocycles. The van der Waals surface area contributed by atoms with Crippen LogP contribution >= 0.6 is 0 Å². The standard InChI is InChI=1S/C23H28N4O2/c1-16-11-12-21(29-5)19(13-16)14-26(4)15-22(28)24-23-17(2)25-27(18(23)3)20-9-7-6-8-10-20/h6-13H,14-15H2,1-5H3,(H,24,28)/p+1. The molecule has 2 aromatic carbocycles. The van der Waals surface area contributed by atoms with E-state index >= 15 is 0 Å². The smallest absolute Gasteiger partial charge is 0.279 e. The third-order valence-corrected chi connectivity index (χ3v) is 4.95. The van der Waals surface area contributed by atoms with Gasteiger partial charge in [-0.2, -0.15) is 5.10 Å². The van der Waals surface area contributed by atoms with Gasteiger partial charge in [0.1, 0.15) is 12.3 Å². The number of likely N-dealkylation sites (N-methyl/N-ethyl adjacent to an activating group) is 1. The highest BCUT2D eigenvalue weighted by atomic mass is 16.5. The van der Waals surface area contributed by atoms with Crippen molar-refractivity contribution in [2.45, 2.75) is 27.3 Å². The lowest BCUT2D eigenvalue weighted by atomic mass is 10.1. The lowest BCUT2D eigenvalue weighted by Crippen LogP contribution is -3.08. The number of hydrogen-bond acceptors (Lipinski definition) is 3. The molecular weight excluding hydrogens is 364 g/mol. The van der Waals surface area contributed by atoms with Crippen LogP contribution in [-0.4, -0.2) is 36.4 Å². The van der Waals surface area contributed by atoms with E-state index < -0.39 is 0 Å². The number of methoxy groups -OCH3 is 1. The number of rotatable bonds is 7. The van der Waals surface area contributed by atoms with Crippen molar-refractivity contribution in [3.63, 3.8) is 0 Å². The molecule has 6 heteroatoms. The molecule has 0 spiro atoms. The Morgan fingerprint density at radius 2 is 1.86 bits per heavy atom. The van der Waals surface area contributed by atoms with Crippen LogP contribution in [0.3, 0.4) is 0 Å². The summed E-state index contributed by atoms with van der Waals surface area (Å²) in [4.78, 5) is 13.8. The monoisotopic (exact) mass is 393 g/mol. The van der Waals surface area contributed by atoms with Gasteiger partial charge in [-0.1, -0.05) is 29.8 Å². The van der Waals surface area contributed by atoms with E-state index in [1.807, 2.05) is 68.0 Å². The SMILES string of the molecule is COc1ccc(C)cc1C[NH+](C)CC(=O)Nc1c(C)nn(-c2ccccc2)c1C. The van der Waals surface area contributed by atoms with Crippen LogP contribution < -0.4 is 15.0 Å². The minimum atomic E-state index is -0.0343. The molecule has 1 heterocycles. The first-order chi connectivity index (χ1) is 13.9. The number of ether oxygens (including phenoxy) is 1. The molecule has 0 fully saturated rings. The highest BCUT2D eigenvalue weighted by molar-refractivity contribution is 5.92. The van der Waals surface area contributed by atoms with Gasteiger partial charge in [0.05, 0.1) is 36.9 Å². The van der Waals surface area contributed by atoms with Crippen molar-refractivity contribution in [1.29, 1.82) is 0 Å². The van der Waals surface area contributed by atoms with E-state index in [9.17, 15) is 4.79 Å². The van der Waals surface area contributed by atoms with Gasteiger partial charge in [-0.05, 0) is 45.0 Å². The topological polar surface area (TPSA) is 60.6 Å². The van der Waals surface area contributed by atoms with Crippen LogP contribution in [-0.2, 0) is 11.3 Å². The summed E-state index contributed by atoms with van der Waals surface area (Å²) in [5.74, 6) is 0.819. The fourth-order valence-electron chi connectivity index (χ4n) is 3.54. The van der Waals surface area contributed by atoms with Crippen LogP contribution in [0.2, 0.25) is 0 Å². The maximum atomic E-state index is 12.7. The van der Waals surface area contributed by atoms with Gasteiger partial charge in [-0.3, -0.25) is 4.79 Å². The Morgan fingerprint density at radius 3 is 2.55 bits per heavy atom. The molecule has 1 amide bonds. The number of amides is 1. The number of nitrogens with zero attached hydrogens (tertiary/aromatic N) is 2. The summed E-state index contributed by atoms with van der Waals surface area (Å²) in [6.07, 6.45) is 0. The van der Waals surface area contributed by atoms with Crippen LogP contribution in [0.1, 0.15) is 22.5 Å². The predicted molar refractivity (Wildman–Crippen MR) is 115 cm³/mol. The number of benzene rings is 2. The summed E-state index contributed by atoms with van der Waals surface area (Å²) in [5.41, 5.74) is 5.75. The number of hydrogen-bond donors (Lipinski definition) is 2. The Bertz CT molecular complexity index is 996. The summed E-state index contributed by atoms with van der Waals surface area (Å²) in [5, 5.41) is 7.64. The Hall–Kier alpha value is -3.12. The molecule has 6 nitrogen and oxygen atoms in total. The van der Waals surface area contributed by atoms with Gasteiger partial charge < -0.3 is 15.0 Å². The van der Waals surface area contributed by atoms with Crippen LogP contribution in [0.5, 0.6) is 5.75 Å². The maximum absolute atomic E-state index is 12.7. The number of para-hydroxylation sites is 1. The van der Waals surface area contributed by atoms with Gasteiger partial charge in [0.2, 0.25) is 0 Å². The molecule has 29 heavy (non-hydrogen) atoms. The Morgan fingerprint density at radius 1 is 1.14 bits per heavy atom.